The highest BCUT2D eigenvalue weighted by molar-refractivity contribution is 5.95. The predicted molar refractivity (Wildman–Crippen MR) is 126 cm³/mol. The lowest BCUT2D eigenvalue weighted by Crippen LogP contribution is -2.60. The average Bonchev–Trinajstić information content (AvgIpc) is 3.17. The lowest BCUT2D eigenvalue weighted by molar-refractivity contribution is -0.144. The highest BCUT2D eigenvalue weighted by Crippen LogP contribution is 2.19. The third-order valence-electron chi connectivity index (χ3n) is 5.44. The molecule has 1 aromatic heterocycles. The van der Waals surface area contributed by atoms with E-state index in [1.54, 1.807) is 20.0 Å². The van der Waals surface area contributed by atoms with Crippen LogP contribution in [0.4, 0.5) is 0 Å². The Balaban J connectivity index is 2.26. The van der Waals surface area contributed by atoms with Gasteiger partial charge in [0, 0.05) is 23.5 Å². The van der Waals surface area contributed by atoms with E-state index in [-0.39, 0.29) is 6.42 Å². The Bertz CT molecular complexity index is 1030. The third kappa shape index (κ3) is 6.78. The second-order valence-corrected chi connectivity index (χ2v) is 8.71. The molecule has 11 nitrogen and oxygen atoms in total. The van der Waals surface area contributed by atoms with Crippen molar-refractivity contribution in [1.82, 2.24) is 20.9 Å². The van der Waals surface area contributed by atoms with Crippen molar-refractivity contribution in [2.45, 2.75) is 64.4 Å². The molecule has 5 atom stereocenters. The Morgan fingerprint density at radius 2 is 1.56 bits per heavy atom. The maximum atomic E-state index is 13.2. The van der Waals surface area contributed by atoms with Crippen molar-refractivity contribution in [3.8, 4) is 0 Å². The average molecular weight is 476 g/mol. The fraction of sp³-hybridized carbons (Fsp3) is 0.478. The maximum Gasteiger partial charge on any atom is 0.326 e. The van der Waals surface area contributed by atoms with Crippen LogP contribution in [-0.2, 0) is 25.6 Å². The first-order valence-electron chi connectivity index (χ1n) is 11.0. The molecule has 0 spiro atoms. The van der Waals surface area contributed by atoms with Gasteiger partial charge in [-0.05, 0) is 31.4 Å². The monoisotopic (exact) mass is 475 g/mol. The summed E-state index contributed by atoms with van der Waals surface area (Å²) in [7, 11) is 0. The first-order valence-corrected chi connectivity index (χ1v) is 11.0. The van der Waals surface area contributed by atoms with E-state index in [2.05, 4.69) is 20.9 Å². The molecule has 11 heteroatoms. The minimum Gasteiger partial charge on any atom is -0.480 e. The molecule has 0 saturated heterocycles. The third-order valence-corrected chi connectivity index (χ3v) is 5.44. The van der Waals surface area contributed by atoms with Gasteiger partial charge in [-0.25, -0.2) is 4.79 Å². The van der Waals surface area contributed by atoms with E-state index in [4.69, 9.17) is 5.73 Å². The number of aliphatic hydroxyl groups is 1. The van der Waals surface area contributed by atoms with Crippen LogP contribution in [-0.4, -0.2) is 69.2 Å². The summed E-state index contributed by atoms with van der Waals surface area (Å²) in [5, 5.41) is 27.7. The van der Waals surface area contributed by atoms with Crippen LogP contribution in [0.25, 0.3) is 10.9 Å². The first kappa shape index (κ1) is 26.8. The zero-order valence-electron chi connectivity index (χ0n) is 19.7. The standard InChI is InChI=1S/C23H33N5O6/c1-11(2)18(23(33)34)27-22(32)19(13(4)29)28-21(31)17(26-20(30)12(3)24)9-14-10-25-16-8-6-5-7-15(14)16/h5-8,10-13,17-19,25,29H,9,24H2,1-4H3,(H,26,30)(H,27,32)(H,28,31)(H,33,34). The van der Waals surface area contributed by atoms with E-state index in [9.17, 15) is 29.4 Å². The molecule has 1 heterocycles. The molecular weight excluding hydrogens is 442 g/mol. The second kappa shape index (κ2) is 11.6. The summed E-state index contributed by atoms with van der Waals surface area (Å²) in [6.45, 7) is 6.01. The largest absolute Gasteiger partial charge is 0.480 e. The number of nitrogens with two attached hydrogens (primary N) is 1. The van der Waals surface area contributed by atoms with Crippen LogP contribution in [0, 0.1) is 5.92 Å². The molecule has 2 rings (SSSR count). The summed E-state index contributed by atoms with van der Waals surface area (Å²) in [6, 6.07) is 2.82. The number of hydrogen-bond donors (Lipinski definition) is 7. The lowest BCUT2D eigenvalue weighted by atomic mass is 10.0. The molecule has 0 aliphatic heterocycles. The fourth-order valence-electron chi connectivity index (χ4n) is 3.45. The molecule has 0 bridgehead atoms. The van der Waals surface area contributed by atoms with Crippen molar-refractivity contribution < 1.29 is 29.4 Å². The van der Waals surface area contributed by atoms with Gasteiger partial charge in [0.1, 0.15) is 18.1 Å². The number of aromatic nitrogens is 1. The van der Waals surface area contributed by atoms with Crippen LogP contribution in [0.2, 0.25) is 0 Å². The molecule has 34 heavy (non-hydrogen) atoms. The summed E-state index contributed by atoms with van der Waals surface area (Å²) < 4.78 is 0. The van der Waals surface area contributed by atoms with Gasteiger partial charge in [0.2, 0.25) is 17.7 Å². The number of H-pyrrole nitrogens is 1. The number of carboxylic acid groups (broad SMARTS) is 1. The number of para-hydroxylation sites is 1. The Labute approximate surface area is 197 Å². The van der Waals surface area contributed by atoms with Crippen molar-refractivity contribution in [3.63, 3.8) is 0 Å². The summed E-state index contributed by atoms with van der Waals surface area (Å²) in [5.41, 5.74) is 7.25. The predicted octanol–water partition coefficient (Wildman–Crippen LogP) is -0.367. The van der Waals surface area contributed by atoms with Gasteiger partial charge in [0.25, 0.3) is 0 Å². The molecule has 0 saturated carbocycles. The number of rotatable bonds is 11. The van der Waals surface area contributed by atoms with Gasteiger partial charge in [-0.2, -0.15) is 0 Å². The normalized spacial score (nSPS) is 15.7. The number of aromatic amines is 1. The topological polar surface area (TPSA) is 187 Å². The van der Waals surface area contributed by atoms with E-state index in [1.165, 1.54) is 13.8 Å². The van der Waals surface area contributed by atoms with Gasteiger partial charge in [0.15, 0.2) is 0 Å². The molecule has 0 aliphatic carbocycles. The van der Waals surface area contributed by atoms with Crippen molar-refractivity contribution in [2.24, 2.45) is 11.7 Å². The fourth-order valence-corrected chi connectivity index (χ4v) is 3.45. The van der Waals surface area contributed by atoms with Crippen LogP contribution >= 0.6 is 0 Å². The number of aliphatic hydroxyl groups excluding tert-OH is 1. The molecule has 0 radical (unpaired) electrons. The number of carbonyl (C=O) groups is 4. The lowest BCUT2D eigenvalue weighted by Gasteiger charge is -2.27. The smallest absolute Gasteiger partial charge is 0.326 e. The van der Waals surface area contributed by atoms with Crippen molar-refractivity contribution in [2.75, 3.05) is 0 Å². The number of carbonyl (C=O) groups excluding carboxylic acids is 3. The molecule has 5 unspecified atom stereocenters. The molecule has 0 fully saturated rings. The number of aliphatic carboxylic acids is 1. The van der Waals surface area contributed by atoms with Gasteiger partial charge < -0.3 is 36.9 Å². The van der Waals surface area contributed by atoms with Crippen LogP contribution in [0.5, 0.6) is 0 Å². The number of hydrogen-bond acceptors (Lipinski definition) is 6. The van der Waals surface area contributed by atoms with E-state index in [0.29, 0.717) is 0 Å². The summed E-state index contributed by atoms with van der Waals surface area (Å²) in [6.07, 6.45) is 0.483. The van der Waals surface area contributed by atoms with Crippen LogP contribution in [0.15, 0.2) is 30.5 Å². The Hall–Kier alpha value is -3.44. The van der Waals surface area contributed by atoms with Gasteiger partial charge in [-0.15, -0.1) is 0 Å². The van der Waals surface area contributed by atoms with Gasteiger partial charge >= 0.3 is 5.97 Å². The second-order valence-electron chi connectivity index (χ2n) is 8.71. The zero-order valence-corrected chi connectivity index (χ0v) is 19.7. The van der Waals surface area contributed by atoms with E-state index in [0.717, 1.165) is 16.5 Å². The van der Waals surface area contributed by atoms with Crippen molar-refractivity contribution in [3.05, 3.63) is 36.0 Å². The molecular formula is C23H33N5O6. The summed E-state index contributed by atoms with van der Waals surface area (Å²) in [4.78, 5) is 52.7. The Morgan fingerprint density at radius 3 is 2.12 bits per heavy atom. The zero-order chi connectivity index (χ0) is 25.6. The molecule has 3 amide bonds. The van der Waals surface area contributed by atoms with E-state index < -0.39 is 59.9 Å². The molecule has 0 aliphatic rings. The number of carboxylic acids is 1. The highest BCUT2D eigenvalue weighted by atomic mass is 16.4. The van der Waals surface area contributed by atoms with Gasteiger partial charge in [-0.3, -0.25) is 14.4 Å². The molecule has 1 aromatic carbocycles. The molecule has 8 N–H and O–H groups in total. The SMILES string of the molecule is CC(N)C(=O)NC(Cc1c[nH]c2ccccc12)C(=O)NC(C(=O)NC(C(=O)O)C(C)C)C(C)O. The number of benzene rings is 1. The molecule has 186 valence electrons. The maximum absolute atomic E-state index is 13.2. The van der Waals surface area contributed by atoms with Crippen LogP contribution < -0.4 is 21.7 Å². The Morgan fingerprint density at radius 1 is 0.941 bits per heavy atom. The number of nitrogens with one attached hydrogen (secondary N) is 4. The van der Waals surface area contributed by atoms with E-state index >= 15 is 0 Å². The van der Waals surface area contributed by atoms with Crippen molar-refractivity contribution >= 4 is 34.6 Å². The van der Waals surface area contributed by atoms with Gasteiger partial charge in [0.05, 0.1) is 12.1 Å². The summed E-state index contributed by atoms with van der Waals surface area (Å²) in [5.74, 6) is -3.80. The van der Waals surface area contributed by atoms with Crippen LogP contribution in [0.1, 0.15) is 33.3 Å². The van der Waals surface area contributed by atoms with Crippen molar-refractivity contribution in [1.29, 1.82) is 0 Å². The highest BCUT2D eigenvalue weighted by Gasteiger charge is 2.33. The molecule has 2 aromatic rings. The minimum absolute atomic E-state index is 0.0895. The van der Waals surface area contributed by atoms with Crippen LogP contribution in [0.3, 0.4) is 0 Å². The summed E-state index contributed by atoms with van der Waals surface area (Å²) >= 11 is 0. The van der Waals surface area contributed by atoms with Gasteiger partial charge in [-0.1, -0.05) is 32.0 Å². The number of fused-ring (bicyclic) bond motifs is 1. The Kier molecular flexibility index (Phi) is 9.16. The van der Waals surface area contributed by atoms with E-state index in [1.807, 2.05) is 24.3 Å². The quantitative estimate of drug-likeness (QED) is 0.231. The minimum atomic E-state index is -1.44. The number of amides is 3. The first-order chi connectivity index (χ1) is 15.9.